The van der Waals surface area contributed by atoms with Crippen LogP contribution in [-0.4, -0.2) is 12.1 Å². The number of rotatable bonds is 0. The van der Waals surface area contributed by atoms with Crippen molar-refractivity contribution < 1.29 is 9.53 Å². The quantitative estimate of drug-likeness (QED) is 0.390. The summed E-state index contributed by atoms with van der Waals surface area (Å²) in [4.78, 5) is 10.9. The van der Waals surface area contributed by atoms with Crippen LogP contribution < -0.4 is 0 Å². The maximum atomic E-state index is 10.9. The molecule has 0 N–H and O–H groups in total. The molecule has 0 amide bonds. The SMILES string of the molecule is O=C1O[C@@H]2CC/C=C\CC[C@@H]12. The third kappa shape index (κ3) is 1.17. The van der Waals surface area contributed by atoms with Gasteiger partial charge in [-0.25, -0.2) is 0 Å². The second-order valence-corrected chi connectivity index (χ2v) is 3.21. The van der Waals surface area contributed by atoms with Crippen molar-refractivity contribution in [3.63, 3.8) is 0 Å². The standard InChI is InChI=1S/C9H12O2/c10-9-7-5-3-1-2-4-6-8(7)11-9/h1-2,7-8H,3-6H2/b2-1-/t7-,8-/m1/s1. The van der Waals surface area contributed by atoms with Crippen LogP contribution in [-0.2, 0) is 9.53 Å². The van der Waals surface area contributed by atoms with Crippen molar-refractivity contribution in [2.24, 2.45) is 5.92 Å². The largest absolute Gasteiger partial charge is 0.461 e. The number of hydrogen-bond donors (Lipinski definition) is 0. The average molecular weight is 152 g/mol. The van der Waals surface area contributed by atoms with Gasteiger partial charge in [0.2, 0.25) is 0 Å². The van der Waals surface area contributed by atoms with Gasteiger partial charge in [0.25, 0.3) is 0 Å². The van der Waals surface area contributed by atoms with Gasteiger partial charge in [0.05, 0.1) is 5.92 Å². The molecule has 60 valence electrons. The van der Waals surface area contributed by atoms with Crippen LogP contribution in [0, 0.1) is 5.92 Å². The number of allylic oxidation sites excluding steroid dienone is 2. The fourth-order valence-corrected chi connectivity index (χ4v) is 1.73. The first-order chi connectivity index (χ1) is 5.38. The van der Waals surface area contributed by atoms with Crippen LogP contribution in [0.25, 0.3) is 0 Å². The van der Waals surface area contributed by atoms with Gasteiger partial charge in [0.1, 0.15) is 6.10 Å². The van der Waals surface area contributed by atoms with E-state index < -0.39 is 0 Å². The number of fused-ring (bicyclic) bond motifs is 1. The highest BCUT2D eigenvalue weighted by molar-refractivity contribution is 5.78. The lowest BCUT2D eigenvalue weighted by Gasteiger charge is -2.35. The van der Waals surface area contributed by atoms with Crippen LogP contribution in [0.15, 0.2) is 12.2 Å². The fraction of sp³-hybridized carbons (Fsp3) is 0.667. The lowest BCUT2D eigenvalue weighted by molar-refractivity contribution is -0.185. The van der Waals surface area contributed by atoms with Crippen molar-refractivity contribution in [1.82, 2.24) is 0 Å². The fourth-order valence-electron chi connectivity index (χ4n) is 1.73. The molecule has 0 spiro atoms. The Hall–Kier alpha value is -0.790. The molecule has 1 fully saturated rings. The number of ether oxygens (including phenoxy) is 1. The van der Waals surface area contributed by atoms with Crippen molar-refractivity contribution in [2.75, 3.05) is 0 Å². The van der Waals surface area contributed by atoms with Gasteiger partial charge in [-0.15, -0.1) is 0 Å². The van der Waals surface area contributed by atoms with Crippen LogP contribution in [0.1, 0.15) is 25.7 Å². The van der Waals surface area contributed by atoms with E-state index in [1.807, 2.05) is 0 Å². The molecule has 2 atom stereocenters. The van der Waals surface area contributed by atoms with Gasteiger partial charge in [-0.3, -0.25) is 4.79 Å². The van der Waals surface area contributed by atoms with E-state index in [9.17, 15) is 4.79 Å². The lowest BCUT2D eigenvalue weighted by Crippen LogP contribution is -2.45. The second-order valence-electron chi connectivity index (χ2n) is 3.21. The van der Waals surface area contributed by atoms with E-state index in [4.69, 9.17) is 4.74 Å². The van der Waals surface area contributed by atoms with Crippen molar-refractivity contribution in [2.45, 2.75) is 31.8 Å². The first kappa shape index (κ1) is 6.89. The predicted octanol–water partition coefficient (Wildman–Crippen LogP) is 1.66. The summed E-state index contributed by atoms with van der Waals surface area (Å²) in [6, 6.07) is 0. The van der Waals surface area contributed by atoms with Crippen LogP contribution >= 0.6 is 0 Å². The summed E-state index contributed by atoms with van der Waals surface area (Å²) in [6.07, 6.45) is 8.70. The molecule has 0 bridgehead atoms. The van der Waals surface area contributed by atoms with Gasteiger partial charge in [-0.05, 0) is 25.7 Å². The molecule has 0 radical (unpaired) electrons. The molecule has 0 saturated carbocycles. The van der Waals surface area contributed by atoms with Gasteiger partial charge in [-0.2, -0.15) is 0 Å². The zero-order valence-electron chi connectivity index (χ0n) is 6.45. The second kappa shape index (κ2) is 2.68. The predicted molar refractivity (Wildman–Crippen MR) is 41.0 cm³/mol. The van der Waals surface area contributed by atoms with E-state index in [0.717, 1.165) is 25.7 Å². The van der Waals surface area contributed by atoms with Crippen LogP contribution in [0.2, 0.25) is 0 Å². The Morgan fingerprint density at radius 2 is 2.00 bits per heavy atom. The molecule has 0 unspecified atom stereocenters. The average Bonchev–Trinajstić information content (AvgIpc) is 1.96. The van der Waals surface area contributed by atoms with Gasteiger partial charge < -0.3 is 4.74 Å². The van der Waals surface area contributed by atoms with Crippen molar-refractivity contribution in [3.05, 3.63) is 12.2 Å². The molecule has 0 aromatic carbocycles. The summed E-state index contributed by atoms with van der Waals surface area (Å²) in [6.45, 7) is 0. The van der Waals surface area contributed by atoms with Gasteiger partial charge in [0.15, 0.2) is 0 Å². The molecule has 2 rings (SSSR count). The number of esters is 1. The summed E-state index contributed by atoms with van der Waals surface area (Å²) < 4.78 is 5.01. The van der Waals surface area contributed by atoms with Crippen molar-refractivity contribution >= 4 is 5.97 Å². The number of carbonyl (C=O) groups is 1. The number of hydrogen-bond acceptors (Lipinski definition) is 2. The van der Waals surface area contributed by atoms with Crippen molar-refractivity contribution in [3.8, 4) is 0 Å². The summed E-state index contributed by atoms with van der Waals surface area (Å²) in [5.41, 5.74) is 0. The molecular formula is C9H12O2. The summed E-state index contributed by atoms with van der Waals surface area (Å²) in [7, 11) is 0. The molecule has 2 aliphatic rings. The minimum Gasteiger partial charge on any atom is -0.461 e. The maximum Gasteiger partial charge on any atom is 0.313 e. The van der Waals surface area contributed by atoms with Gasteiger partial charge in [-0.1, -0.05) is 12.2 Å². The molecule has 1 heterocycles. The molecule has 2 heteroatoms. The molecule has 0 aromatic heterocycles. The Morgan fingerprint density at radius 3 is 2.73 bits per heavy atom. The maximum absolute atomic E-state index is 10.9. The Labute approximate surface area is 66.2 Å². The highest BCUT2D eigenvalue weighted by atomic mass is 16.6. The van der Waals surface area contributed by atoms with E-state index in [1.54, 1.807) is 0 Å². The summed E-state index contributed by atoms with van der Waals surface area (Å²) in [5, 5.41) is 0. The molecule has 2 nitrogen and oxygen atoms in total. The molecule has 1 aliphatic carbocycles. The minimum atomic E-state index is 0.0188. The zero-order chi connectivity index (χ0) is 7.68. The third-order valence-electron chi connectivity index (χ3n) is 2.45. The first-order valence-electron chi connectivity index (χ1n) is 4.23. The molecular weight excluding hydrogens is 140 g/mol. The van der Waals surface area contributed by atoms with Crippen LogP contribution in [0.3, 0.4) is 0 Å². The molecule has 11 heavy (non-hydrogen) atoms. The summed E-state index contributed by atoms with van der Waals surface area (Å²) in [5.74, 6) is 0.241. The smallest absolute Gasteiger partial charge is 0.313 e. The van der Waals surface area contributed by atoms with E-state index in [0.29, 0.717) is 0 Å². The van der Waals surface area contributed by atoms with E-state index in [-0.39, 0.29) is 18.0 Å². The van der Waals surface area contributed by atoms with Gasteiger partial charge >= 0.3 is 5.97 Å². The minimum absolute atomic E-state index is 0.0188. The zero-order valence-corrected chi connectivity index (χ0v) is 6.45. The highest BCUT2D eigenvalue weighted by Crippen LogP contribution is 2.31. The Morgan fingerprint density at radius 1 is 1.27 bits per heavy atom. The lowest BCUT2D eigenvalue weighted by atomic mass is 9.87. The van der Waals surface area contributed by atoms with Crippen molar-refractivity contribution in [1.29, 1.82) is 0 Å². The monoisotopic (exact) mass is 152 g/mol. The molecule has 1 aliphatic heterocycles. The molecule has 1 saturated heterocycles. The highest BCUT2D eigenvalue weighted by Gasteiger charge is 2.41. The molecule has 0 aromatic rings. The Kier molecular flexibility index (Phi) is 1.68. The normalized spacial score (nSPS) is 39.1. The van der Waals surface area contributed by atoms with E-state index in [2.05, 4.69) is 12.2 Å². The van der Waals surface area contributed by atoms with Crippen LogP contribution in [0.4, 0.5) is 0 Å². The summed E-state index contributed by atoms with van der Waals surface area (Å²) >= 11 is 0. The Bertz CT molecular complexity index is 196. The topological polar surface area (TPSA) is 26.3 Å². The Balaban J connectivity index is 2.00. The van der Waals surface area contributed by atoms with E-state index >= 15 is 0 Å². The number of carbonyl (C=O) groups excluding carboxylic acids is 1. The first-order valence-corrected chi connectivity index (χ1v) is 4.23. The van der Waals surface area contributed by atoms with Crippen LogP contribution in [0.5, 0.6) is 0 Å². The van der Waals surface area contributed by atoms with E-state index in [1.165, 1.54) is 0 Å². The van der Waals surface area contributed by atoms with Gasteiger partial charge in [0, 0.05) is 0 Å². The third-order valence-corrected chi connectivity index (χ3v) is 2.45.